The van der Waals surface area contributed by atoms with Gasteiger partial charge in [0.25, 0.3) is 0 Å². The Morgan fingerprint density at radius 1 is 1.23 bits per heavy atom. The van der Waals surface area contributed by atoms with E-state index < -0.39 is 5.63 Å². The summed E-state index contributed by atoms with van der Waals surface area (Å²) in [4.78, 5) is 25.2. The molecule has 4 aromatic heterocycles. The molecule has 0 N–H and O–H groups in total. The molecule has 0 aromatic carbocycles. The average molecular weight is 453 g/mol. The molecule has 0 amide bonds. The molecular weight excluding hydrogens is 445 g/mol. The molecule has 0 fully saturated rings. The molecule has 7 nitrogen and oxygen atoms in total. The third-order valence-electron chi connectivity index (χ3n) is 3.60. The second-order valence-electron chi connectivity index (χ2n) is 5.31. The number of hydrogen-bond donors (Lipinski definition) is 0. The summed E-state index contributed by atoms with van der Waals surface area (Å²) in [6.45, 7) is 1.72. The van der Waals surface area contributed by atoms with Crippen LogP contribution in [0.1, 0.15) is 5.69 Å². The van der Waals surface area contributed by atoms with Gasteiger partial charge in [-0.25, -0.2) is 24.4 Å². The first kappa shape index (κ1) is 17.1. The summed E-state index contributed by atoms with van der Waals surface area (Å²) in [7, 11) is 0. The standard InChI is InChI=1S/C16H8BrCl2N5O2/c1-7-13-8(5-12(19)21-7)16(25)26-15(22-13)10-6-11(17)23-24(10)14-9(18)3-2-4-20-14/h2-6H,1H3. The molecule has 10 heteroatoms. The van der Waals surface area contributed by atoms with Gasteiger partial charge >= 0.3 is 5.63 Å². The molecule has 4 rings (SSSR count). The zero-order valence-corrected chi connectivity index (χ0v) is 16.2. The van der Waals surface area contributed by atoms with Crippen molar-refractivity contribution < 1.29 is 4.42 Å². The molecule has 130 valence electrons. The van der Waals surface area contributed by atoms with Crippen molar-refractivity contribution in [3.8, 4) is 17.4 Å². The fourth-order valence-electron chi connectivity index (χ4n) is 2.50. The second-order valence-corrected chi connectivity index (χ2v) is 6.91. The van der Waals surface area contributed by atoms with Crippen LogP contribution >= 0.6 is 39.1 Å². The van der Waals surface area contributed by atoms with Gasteiger partial charge in [0.15, 0.2) is 5.82 Å². The van der Waals surface area contributed by atoms with Gasteiger partial charge in [-0.3, -0.25) is 0 Å². The van der Waals surface area contributed by atoms with Crippen LogP contribution < -0.4 is 5.63 Å². The van der Waals surface area contributed by atoms with Gasteiger partial charge < -0.3 is 4.42 Å². The van der Waals surface area contributed by atoms with Crippen molar-refractivity contribution in [1.82, 2.24) is 24.7 Å². The summed E-state index contributed by atoms with van der Waals surface area (Å²) in [6, 6.07) is 6.47. The maximum Gasteiger partial charge on any atom is 0.347 e. The average Bonchev–Trinajstić information content (AvgIpc) is 2.97. The minimum atomic E-state index is -0.576. The Labute approximate surface area is 164 Å². The van der Waals surface area contributed by atoms with Crippen molar-refractivity contribution in [2.24, 2.45) is 0 Å². The molecule has 0 bridgehead atoms. The van der Waals surface area contributed by atoms with E-state index in [0.29, 0.717) is 32.3 Å². The van der Waals surface area contributed by atoms with Crippen LogP contribution in [0.25, 0.3) is 28.3 Å². The van der Waals surface area contributed by atoms with Crippen LogP contribution in [0.4, 0.5) is 0 Å². The van der Waals surface area contributed by atoms with Crippen LogP contribution in [0, 0.1) is 6.92 Å². The van der Waals surface area contributed by atoms with E-state index in [0.717, 1.165) is 0 Å². The highest BCUT2D eigenvalue weighted by Crippen LogP contribution is 2.28. The molecular formula is C16H8BrCl2N5O2. The maximum absolute atomic E-state index is 12.4. The van der Waals surface area contributed by atoms with Crippen LogP contribution in [0.3, 0.4) is 0 Å². The molecule has 4 aromatic rings. The number of rotatable bonds is 2. The van der Waals surface area contributed by atoms with Gasteiger partial charge in [-0.15, -0.1) is 0 Å². The van der Waals surface area contributed by atoms with Gasteiger partial charge in [-0.2, -0.15) is 5.10 Å². The molecule has 0 saturated carbocycles. The summed E-state index contributed by atoms with van der Waals surface area (Å²) in [5.74, 6) is 0.444. The van der Waals surface area contributed by atoms with E-state index in [-0.39, 0.29) is 16.4 Å². The quantitative estimate of drug-likeness (QED) is 0.423. The lowest BCUT2D eigenvalue weighted by atomic mass is 10.2. The molecule has 0 atom stereocenters. The van der Waals surface area contributed by atoms with Gasteiger partial charge in [0.05, 0.1) is 16.1 Å². The Bertz CT molecular complexity index is 1220. The van der Waals surface area contributed by atoms with Gasteiger partial charge in [0, 0.05) is 12.3 Å². The minimum Gasteiger partial charge on any atom is -0.401 e. The van der Waals surface area contributed by atoms with Crippen LogP contribution in [0.5, 0.6) is 0 Å². The predicted octanol–water partition coefficient (Wildman–Crippen LogP) is 4.21. The van der Waals surface area contributed by atoms with Crippen LogP contribution in [-0.2, 0) is 0 Å². The summed E-state index contributed by atoms with van der Waals surface area (Å²) in [5.41, 5.74) is 0.749. The first-order valence-electron chi connectivity index (χ1n) is 7.29. The van der Waals surface area contributed by atoms with Crippen molar-refractivity contribution in [2.45, 2.75) is 6.92 Å². The molecule has 0 saturated heterocycles. The molecule has 0 spiro atoms. The molecule has 0 unspecified atom stereocenters. The van der Waals surface area contributed by atoms with Crippen molar-refractivity contribution in [1.29, 1.82) is 0 Å². The Hall–Kier alpha value is -2.29. The first-order chi connectivity index (χ1) is 12.4. The zero-order chi connectivity index (χ0) is 18.4. The summed E-state index contributed by atoms with van der Waals surface area (Å²) in [6.07, 6.45) is 1.58. The first-order valence-corrected chi connectivity index (χ1v) is 8.84. The number of aryl methyl sites for hydroxylation is 1. The zero-order valence-electron chi connectivity index (χ0n) is 13.1. The van der Waals surface area contributed by atoms with Gasteiger partial charge in [-0.05, 0) is 41.1 Å². The van der Waals surface area contributed by atoms with Crippen LogP contribution in [-0.4, -0.2) is 24.7 Å². The monoisotopic (exact) mass is 451 g/mol. The number of fused-ring (bicyclic) bond motifs is 1. The van der Waals surface area contributed by atoms with Crippen molar-refractivity contribution >= 4 is 50.0 Å². The maximum atomic E-state index is 12.4. The number of aromatic nitrogens is 5. The molecule has 0 aliphatic rings. The molecule has 0 aliphatic heterocycles. The smallest absolute Gasteiger partial charge is 0.347 e. The third kappa shape index (κ3) is 2.90. The highest BCUT2D eigenvalue weighted by molar-refractivity contribution is 9.10. The van der Waals surface area contributed by atoms with E-state index in [2.05, 4.69) is 36.0 Å². The lowest BCUT2D eigenvalue weighted by molar-refractivity contribution is 0.513. The van der Waals surface area contributed by atoms with Crippen LogP contribution in [0.2, 0.25) is 10.2 Å². The van der Waals surface area contributed by atoms with Gasteiger partial charge in [0.2, 0.25) is 5.89 Å². The van der Waals surface area contributed by atoms with E-state index in [4.69, 9.17) is 27.6 Å². The van der Waals surface area contributed by atoms with Crippen LogP contribution in [0.15, 0.2) is 44.3 Å². The Balaban J connectivity index is 2.01. The molecule has 26 heavy (non-hydrogen) atoms. The number of halogens is 3. The Morgan fingerprint density at radius 3 is 2.81 bits per heavy atom. The van der Waals surface area contributed by atoms with E-state index in [9.17, 15) is 4.79 Å². The third-order valence-corrected chi connectivity index (χ3v) is 4.47. The predicted molar refractivity (Wildman–Crippen MR) is 101 cm³/mol. The summed E-state index contributed by atoms with van der Waals surface area (Å²) >= 11 is 15.5. The topological polar surface area (TPSA) is 86.7 Å². The highest BCUT2D eigenvalue weighted by atomic mass is 79.9. The lowest BCUT2D eigenvalue weighted by Crippen LogP contribution is -2.08. The number of nitrogens with zero attached hydrogens (tertiary/aromatic N) is 5. The number of hydrogen-bond acceptors (Lipinski definition) is 6. The SMILES string of the molecule is Cc1nc(Cl)cc2c(=O)oc(-c3cc(Br)nn3-c3ncccc3Cl)nc12. The highest BCUT2D eigenvalue weighted by Gasteiger charge is 2.19. The Kier molecular flexibility index (Phi) is 4.26. The summed E-state index contributed by atoms with van der Waals surface area (Å²) in [5, 5.41) is 5.15. The second kappa shape index (κ2) is 6.46. The van der Waals surface area contributed by atoms with Gasteiger partial charge in [0.1, 0.15) is 21.0 Å². The van der Waals surface area contributed by atoms with E-state index in [1.165, 1.54) is 10.7 Å². The van der Waals surface area contributed by atoms with Crippen molar-refractivity contribution in [3.63, 3.8) is 0 Å². The lowest BCUT2D eigenvalue weighted by Gasteiger charge is -2.07. The van der Waals surface area contributed by atoms with E-state index in [1.807, 2.05) is 0 Å². The molecule has 4 heterocycles. The Morgan fingerprint density at radius 2 is 2.04 bits per heavy atom. The number of pyridine rings is 2. The fourth-order valence-corrected chi connectivity index (χ4v) is 3.31. The van der Waals surface area contributed by atoms with E-state index >= 15 is 0 Å². The van der Waals surface area contributed by atoms with Gasteiger partial charge in [-0.1, -0.05) is 23.2 Å². The minimum absolute atomic E-state index is 0.0645. The fraction of sp³-hybridized carbons (Fsp3) is 0.0625. The van der Waals surface area contributed by atoms with Crippen molar-refractivity contribution in [2.75, 3.05) is 0 Å². The molecule has 0 aliphatic carbocycles. The molecule has 0 radical (unpaired) electrons. The summed E-state index contributed by atoms with van der Waals surface area (Å²) < 4.78 is 7.35. The van der Waals surface area contributed by atoms with Crippen molar-refractivity contribution in [3.05, 3.63) is 61.4 Å². The van der Waals surface area contributed by atoms with E-state index in [1.54, 1.807) is 31.3 Å². The normalized spacial score (nSPS) is 11.2. The largest absolute Gasteiger partial charge is 0.401 e.